The Balaban J connectivity index is 1.71. The lowest BCUT2D eigenvalue weighted by molar-refractivity contribution is 0.560. The number of hydrogen-bond donors (Lipinski definition) is 2. The van der Waals surface area contributed by atoms with Crippen LogP contribution in [0.3, 0.4) is 0 Å². The van der Waals surface area contributed by atoms with Crippen molar-refractivity contribution in [2.45, 2.75) is 20.4 Å². The van der Waals surface area contributed by atoms with Gasteiger partial charge in [-0.05, 0) is 43.8 Å². The van der Waals surface area contributed by atoms with Gasteiger partial charge in [-0.2, -0.15) is 5.10 Å². The second kappa shape index (κ2) is 6.45. The summed E-state index contributed by atoms with van der Waals surface area (Å²) in [5, 5.41) is 11.9. The van der Waals surface area contributed by atoms with E-state index in [1.165, 1.54) is 6.07 Å². The van der Waals surface area contributed by atoms with Crippen molar-refractivity contribution in [1.29, 1.82) is 0 Å². The summed E-state index contributed by atoms with van der Waals surface area (Å²) < 4.78 is 7.02. The first-order valence-electron chi connectivity index (χ1n) is 7.51. The number of thiocarbonyl (C=S) groups is 1. The Morgan fingerprint density at radius 3 is 2.83 bits per heavy atom. The first-order valence-corrected chi connectivity index (χ1v) is 7.91. The Morgan fingerprint density at radius 2 is 2.12 bits per heavy atom. The SMILES string of the molecule is Cc1nn(C)cc1CNC(=S)Nc1ccc2c(C)cc(=O)oc2c1. The molecule has 0 saturated heterocycles. The fraction of sp³-hybridized carbons (Fsp3) is 0.235. The van der Waals surface area contributed by atoms with E-state index in [1.807, 2.05) is 39.2 Å². The molecule has 3 aromatic rings. The zero-order valence-corrected chi connectivity index (χ0v) is 14.5. The molecule has 0 atom stereocenters. The maximum absolute atomic E-state index is 11.5. The van der Waals surface area contributed by atoms with Gasteiger partial charge >= 0.3 is 5.63 Å². The van der Waals surface area contributed by atoms with Crippen molar-refractivity contribution in [3.05, 3.63) is 57.7 Å². The number of anilines is 1. The van der Waals surface area contributed by atoms with E-state index in [9.17, 15) is 4.79 Å². The molecule has 124 valence electrons. The van der Waals surface area contributed by atoms with Gasteiger partial charge in [-0.15, -0.1) is 0 Å². The number of rotatable bonds is 3. The Hall–Kier alpha value is -2.67. The fourth-order valence-corrected chi connectivity index (χ4v) is 2.77. The summed E-state index contributed by atoms with van der Waals surface area (Å²) in [6.45, 7) is 4.43. The van der Waals surface area contributed by atoms with Crippen molar-refractivity contribution >= 4 is 34.0 Å². The van der Waals surface area contributed by atoms with Gasteiger partial charge in [0.25, 0.3) is 0 Å². The van der Waals surface area contributed by atoms with Crippen LogP contribution in [0.25, 0.3) is 11.0 Å². The predicted octanol–water partition coefficient (Wildman–Crippen LogP) is 2.63. The Labute approximate surface area is 144 Å². The van der Waals surface area contributed by atoms with Crippen LogP contribution >= 0.6 is 12.2 Å². The monoisotopic (exact) mass is 342 g/mol. The molecule has 1 aromatic carbocycles. The number of aromatic nitrogens is 2. The highest BCUT2D eigenvalue weighted by atomic mass is 32.1. The van der Waals surface area contributed by atoms with Gasteiger partial charge in [-0.1, -0.05) is 0 Å². The molecule has 2 aromatic heterocycles. The minimum absolute atomic E-state index is 0.357. The number of aryl methyl sites for hydroxylation is 3. The lowest BCUT2D eigenvalue weighted by atomic mass is 10.1. The average molecular weight is 342 g/mol. The maximum Gasteiger partial charge on any atom is 0.336 e. The van der Waals surface area contributed by atoms with E-state index >= 15 is 0 Å². The Morgan fingerprint density at radius 1 is 1.33 bits per heavy atom. The number of hydrogen-bond acceptors (Lipinski definition) is 4. The molecule has 0 aliphatic heterocycles. The highest BCUT2D eigenvalue weighted by Crippen LogP contribution is 2.20. The molecular formula is C17H18N4O2S. The molecule has 0 saturated carbocycles. The molecule has 2 heterocycles. The van der Waals surface area contributed by atoms with Gasteiger partial charge in [0.15, 0.2) is 5.11 Å². The van der Waals surface area contributed by atoms with E-state index in [0.29, 0.717) is 17.2 Å². The molecule has 0 fully saturated rings. The molecule has 24 heavy (non-hydrogen) atoms. The third kappa shape index (κ3) is 3.46. The van der Waals surface area contributed by atoms with Crippen molar-refractivity contribution in [2.24, 2.45) is 7.05 Å². The van der Waals surface area contributed by atoms with Crippen molar-refractivity contribution in [3.63, 3.8) is 0 Å². The Kier molecular flexibility index (Phi) is 4.35. The van der Waals surface area contributed by atoms with Crippen LogP contribution in [0.4, 0.5) is 5.69 Å². The molecule has 0 spiro atoms. The molecular weight excluding hydrogens is 324 g/mol. The van der Waals surface area contributed by atoms with Crippen LogP contribution in [0, 0.1) is 13.8 Å². The summed E-state index contributed by atoms with van der Waals surface area (Å²) in [7, 11) is 1.89. The third-order valence-corrected chi connectivity index (χ3v) is 4.01. The standard InChI is InChI=1S/C17H18N4O2S/c1-10-6-16(22)23-15-7-13(4-5-14(10)15)19-17(24)18-8-12-9-21(3)20-11(12)2/h4-7,9H,8H2,1-3H3,(H2,18,19,24). The fourth-order valence-electron chi connectivity index (χ4n) is 2.58. The van der Waals surface area contributed by atoms with E-state index in [1.54, 1.807) is 10.7 Å². The molecule has 0 amide bonds. The smallest absolute Gasteiger partial charge is 0.336 e. The van der Waals surface area contributed by atoms with E-state index in [-0.39, 0.29) is 5.63 Å². The quantitative estimate of drug-likeness (QED) is 0.563. The first-order chi connectivity index (χ1) is 11.4. The van der Waals surface area contributed by atoms with Crippen molar-refractivity contribution < 1.29 is 4.42 Å². The predicted molar refractivity (Wildman–Crippen MR) is 98.2 cm³/mol. The summed E-state index contributed by atoms with van der Waals surface area (Å²) in [4.78, 5) is 11.5. The highest BCUT2D eigenvalue weighted by molar-refractivity contribution is 7.80. The Bertz CT molecular complexity index is 974. The van der Waals surface area contributed by atoms with Gasteiger partial charge < -0.3 is 15.1 Å². The van der Waals surface area contributed by atoms with Crippen molar-refractivity contribution in [1.82, 2.24) is 15.1 Å². The third-order valence-electron chi connectivity index (χ3n) is 3.76. The van der Waals surface area contributed by atoms with Crippen LogP contribution < -0.4 is 16.3 Å². The van der Waals surface area contributed by atoms with Crippen LogP contribution in [0.15, 0.2) is 39.7 Å². The van der Waals surface area contributed by atoms with Crippen LogP contribution in [0.2, 0.25) is 0 Å². The number of nitrogens with one attached hydrogen (secondary N) is 2. The van der Waals surface area contributed by atoms with Crippen molar-refractivity contribution in [2.75, 3.05) is 5.32 Å². The normalized spacial score (nSPS) is 10.8. The van der Waals surface area contributed by atoms with E-state index in [0.717, 1.165) is 27.9 Å². The molecule has 2 N–H and O–H groups in total. The number of nitrogens with zero attached hydrogens (tertiary/aromatic N) is 2. The van der Waals surface area contributed by atoms with Crippen molar-refractivity contribution in [3.8, 4) is 0 Å². The number of fused-ring (bicyclic) bond motifs is 1. The topological polar surface area (TPSA) is 72.1 Å². The van der Waals surface area contributed by atoms with Crippen LogP contribution in [0.1, 0.15) is 16.8 Å². The summed E-state index contributed by atoms with van der Waals surface area (Å²) in [6, 6.07) is 7.06. The van der Waals surface area contributed by atoms with Gasteiger partial charge in [-0.3, -0.25) is 4.68 Å². The molecule has 7 heteroatoms. The lowest BCUT2D eigenvalue weighted by Gasteiger charge is -2.11. The van der Waals surface area contributed by atoms with Gasteiger partial charge in [0.1, 0.15) is 5.58 Å². The zero-order chi connectivity index (χ0) is 17.3. The summed E-state index contributed by atoms with van der Waals surface area (Å²) >= 11 is 5.32. The van der Waals surface area contributed by atoms with Gasteiger partial charge in [0.05, 0.1) is 5.69 Å². The molecule has 0 aliphatic rings. The largest absolute Gasteiger partial charge is 0.423 e. The van der Waals surface area contributed by atoms with E-state index < -0.39 is 0 Å². The number of benzene rings is 1. The summed E-state index contributed by atoms with van der Waals surface area (Å²) in [6.07, 6.45) is 1.96. The molecule has 0 bridgehead atoms. The lowest BCUT2D eigenvalue weighted by Crippen LogP contribution is -2.28. The minimum Gasteiger partial charge on any atom is -0.423 e. The highest BCUT2D eigenvalue weighted by Gasteiger charge is 2.06. The van der Waals surface area contributed by atoms with Crippen LogP contribution in [0.5, 0.6) is 0 Å². The second-order valence-corrected chi connectivity index (χ2v) is 6.09. The van der Waals surface area contributed by atoms with Gasteiger partial charge in [-0.25, -0.2) is 4.79 Å². The molecule has 0 aliphatic carbocycles. The summed E-state index contributed by atoms with van der Waals surface area (Å²) in [5.74, 6) is 0. The first kappa shape index (κ1) is 16.2. The second-order valence-electron chi connectivity index (χ2n) is 5.68. The minimum atomic E-state index is -0.357. The molecule has 0 unspecified atom stereocenters. The van der Waals surface area contributed by atoms with Gasteiger partial charge in [0, 0.05) is 48.6 Å². The summed E-state index contributed by atoms with van der Waals surface area (Å²) in [5.41, 5.74) is 3.88. The zero-order valence-electron chi connectivity index (χ0n) is 13.7. The van der Waals surface area contributed by atoms with E-state index in [4.69, 9.17) is 16.6 Å². The van der Waals surface area contributed by atoms with Crippen LogP contribution in [-0.2, 0) is 13.6 Å². The maximum atomic E-state index is 11.5. The van der Waals surface area contributed by atoms with Crippen LogP contribution in [-0.4, -0.2) is 14.9 Å². The van der Waals surface area contributed by atoms with E-state index in [2.05, 4.69) is 15.7 Å². The molecule has 6 nitrogen and oxygen atoms in total. The molecule has 3 rings (SSSR count). The average Bonchev–Trinajstić information content (AvgIpc) is 2.82. The molecule has 0 radical (unpaired) electrons. The van der Waals surface area contributed by atoms with Gasteiger partial charge in [0.2, 0.25) is 0 Å².